The Bertz CT molecular complexity index is 959. The molecule has 0 aromatic rings. The number of nitrogens with one attached hydrogen (secondary N) is 2. The van der Waals surface area contributed by atoms with E-state index < -0.39 is 50.1 Å². The predicted octanol–water partition coefficient (Wildman–Crippen LogP) is 0.836. The number of carbonyl (C=O) groups excluding carboxylic acids is 3. The van der Waals surface area contributed by atoms with Gasteiger partial charge in [0.25, 0.3) is 5.91 Å². The highest BCUT2D eigenvalue weighted by molar-refractivity contribution is 7.91. The molecule has 1 aliphatic heterocycles. The fraction of sp³-hybridized carbons (Fsp3) is 0.783. The lowest BCUT2D eigenvalue weighted by molar-refractivity contribution is -0.145. The Morgan fingerprint density at radius 3 is 2.64 bits per heavy atom. The summed E-state index contributed by atoms with van der Waals surface area (Å²) in [4.78, 5) is 41.4. The molecule has 0 unspecified atom stereocenters. The Balaban J connectivity index is 1.60. The van der Waals surface area contributed by atoms with Gasteiger partial charge < -0.3 is 15.3 Å². The SMILES string of the molecule is CN1CCCC/C=C\[C@@H]2C[C@@]2(C(=O)NS(=O)(=O)C2(C)CC2)NC(=O)[C@@H]2C[C@@H](O)CC[C@H]2C1=O. The van der Waals surface area contributed by atoms with Crippen LogP contribution >= 0.6 is 0 Å². The van der Waals surface area contributed by atoms with Crippen molar-refractivity contribution in [1.29, 1.82) is 0 Å². The minimum atomic E-state index is -3.85. The van der Waals surface area contributed by atoms with E-state index in [2.05, 4.69) is 10.0 Å². The van der Waals surface area contributed by atoms with E-state index in [0.717, 1.165) is 19.3 Å². The zero-order valence-electron chi connectivity index (χ0n) is 19.4. The molecule has 33 heavy (non-hydrogen) atoms. The highest BCUT2D eigenvalue weighted by Crippen LogP contribution is 2.48. The molecule has 9 nitrogen and oxygen atoms in total. The van der Waals surface area contributed by atoms with E-state index in [1.165, 1.54) is 0 Å². The standard InChI is InChI=1S/C23H35N3O6S/c1-22(10-11-22)33(31,32)25-21(30)23-14-15(23)7-5-3-4-6-12-26(2)20(29)17-9-8-16(27)13-18(17)19(28)24-23/h5,7,15-18,27H,3-4,6,8-14H2,1-2H3,(H,24,28)(H,25,30)/b7-5-/t15-,16+,17-,18-,23-/m1/s1. The van der Waals surface area contributed by atoms with Crippen LogP contribution in [0.4, 0.5) is 0 Å². The van der Waals surface area contributed by atoms with Gasteiger partial charge in [-0.1, -0.05) is 12.2 Å². The van der Waals surface area contributed by atoms with Gasteiger partial charge in [-0.2, -0.15) is 0 Å². The van der Waals surface area contributed by atoms with E-state index in [4.69, 9.17) is 0 Å². The predicted molar refractivity (Wildman–Crippen MR) is 121 cm³/mol. The number of nitrogens with zero attached hydrogens (tertiary/aromatic N) is 1. The minimum Gasteiger partial charge on any atom is -0.393 e. The van der Waals surface area contributed by atoms with E-state index in [9.17, 15) is 27.9 Å². The fourth-order valence-corrected chi connectivity index (χ4v) is 6.39. The first-order valence-electron chi connectivity index (χ1n) is 12.0. The highest BCUT2D eigenvalue weighted by Gasteiger charge is 2.63. The zero-order chi connectivity index (χ0) is 24.0. The van der Waals surface area contributed by atoms with Crippen molar-refractivity contribution in [2.75, 3.05) is 13.6 Å². The summed E-state index contributed by atoms with van der Waals surface area (Å²) in [7, 11) is -2.11. The van der Waals surface area contributed by atoms with E-state index in [0.29, 0.717) is 38.6 Å². The number of allylic oxidation sites excluding steroid dienone is 1. The number of rotatable bonds is 3. The molecule has 4 aliphatic rings. The third-order valence-corrected chi connectivity index (χ3v) is 10.1. The highest BCUT2D eigenvalue weighted by atomic mass is 32.2. The summed E-state index contributed by atoms with van der Waals surface area (Å²) in [5.41, 5.74) is -1.35. The van der Waals surface area contributed by atoms with Crippen molar-refractivity contribution in [3.05, 3.63) is 12.2 Å². The van der Waals surface area contributed by atoms with Gasteiger partial charge in [0.15, 0.2) is 0 Å². The van der Waals surface area contributed by atoms with Gasteiger partial charge in [0.2, 0.25) is 21.8 Å². The average Bonchev–Trinajstić information content (AvgIpc) is 3.66. The maximum absolute atomic E-state index is 13.4. The first kappa shape index (κ1) is 24.2. The summed E-state index contributed by atoms with van der Waals surface area (Å²) >= 11 is 0. The van der Waals surface area contributed by atoms with E-state index in [-0.39, 0.29) is 18.2 Å². The topological polar surface area (TPSA) is 133 Å². The molecule has 4 rings (SSSR count). The van der Waals surface area contributed by atoms with Gasteiger partial charge in [0.05, 0.1) is 16.8 Å². The van der Waals surface area contributed by atoms with Gasteiger partial charge in [0, 0.05) is 25.4 Å². The van der Waals surface area contributed by atoms with Crippen molar-refractivity contribution in [3.8, 4) is 0 Å². The summed E-state index contributed by atoms with van der Waals surface area (Å²) < 4.78 is 26.6. The zero-order valence-corrected chi connectivity index (χ0v) is 20.2. The van der Waals surface area contributed by atoms with Crippen molar-refractivity contribution in [3.63, 3.8) is 0 Å². The van der Waals surface area contributed by atoms with Crippen LogP contribution in [-0.2, 0) is 24.4 Å². The third-order valence-electron chi connectivity index (χ3n) is 7.93. The van der Waals surface area contributed by atoms with Crippen LogP contribution in [0.15, 0.2) is 12.2 Å². The monoisotopic (exact) mass is 481 g/mol. The van der Waals surface area contributed by atoms with Crippen molar-refractivity contribution >= 4 is 27.7 Å². The number of hydrogen-bond donors (Lipinski definition) is 3. The first-order chi connectivity index (χ1) is 15.5. The van der Waals surface area contributed by atoms with Crippen molar-refractivity contribution in [1.82, 2.24) is 14.9 Å². The van der Waals surface area contributed by atoms with Gasteiger partial charge in [-0.3, -0.25) is 19.1 Å². The Kier molecular flexibility index (Phi) is 6.37. The lowest BCUT2D eigenvalue weighted by atomic mass is 9.76. The van der Waals surface area contributed by atoms with E-state index in [1.54, 1.807) is 18.9 Å². The Morgan fingerprint density at radius 2 is 1.94 bits per heavy atom. The van der Waals surface area contributed by atoms with Crippen LogP contribution in [0.2, 0.25) is 0 Å². The molecule has 0 aromatic heterocycles. The summed E-state index contributed by atoms with van der Waals surface area (Å²) in [6.45, 7) is 2.21. The molecule has 0 spiro atoms. The second kappa shape index (κ2) is 8.69. The molecule has 184 valence electrons. The van der Waals surface area contributed by atoms with Gasteiger partial charge in [-0.05, 0) is 64.7 Å². The number of hydrogen-bond acceptors (Lipinski definition) is 6. The molecule has 0 radical (unpaired) electrons. The van der Waals surface area contributed by atoms with Crippen LogP contribution in [-0.4, -0.2) is 66.1 Å². The van der Waals surface area contributed by atoms with Crippen molar-refractivity contribution < 1.29 is 27.9 Å². The van der Waals surface area contributed by atoms with Crippen molar-refractivity contribution in [2.45, 2.75) is 81.1 Å². The Labute approximate surface area is 195 Å². The third kappa shape index (κ3) is 4.69. The summed E-state index contributed by atoms with van der Waals surface area (Å²) in [6.07, 6.45) is 7.93. The van der Waals surface area contributed by atoms with Crippen LogP contribution in [0.1, 0.15) is 64.7 Å². The van der Waals surface area contributed by atoms with Crippen LogP contribution in [0, 0.1) is 17.8 Å². The minimum absolute atomic E-state index is 0.121. The van der Waals surface area contributed by atoms with Crippen LogP contribution in [0.3, 0.4) is 0 Å². The quantitative estimate of drug-likeness (QED) is 0.512. The number of aliphatic hydroxyl groups is 1. The molecule has 3 saturated carbocycles. The Morgan fingerprint density at radius 1 is 1.21 bits per heavy atom. The number of carbonyl (C=O) groups is 3. The second-order valence-corrected chi connectivity index (χ2v) is 12.7. The molecule has 3 N–H and O–H groups in total. The molecule has 0 saturated heterocycles. The first-order valence-corrected chi connectivity index (χ1v) is 13.5. The number of fused-ring (bicyclic) bond motifs is 2. The molecule has 10 heteroatoms. The molecule has 3 amide bonds. The fourth-order valence-electron chi connectivity index (χ4n) is 5.07. The molecular formula is C23H35N3O6S. The second-order valence-electron chi connectivity index (χ2n) is 10.5. The van der Waals surface area contributed by atoms with Gasteiger partial charge in [0.1, 0.15) is 5.54 Å². The van der Waals surface area contributed by atoms with Gasteiger partial charge in [-0.15, -0.1) is 0 Å². The van der Waals surface area contributed by atoms with Crippen LogP contribution in [0.5, 0.6) is 0 Å². The molecular weight excluding hydrogens is 446 g/mol. The molecule has 0 bridgehead atoms. The van der Waals surface area contributed by atoms with Crippen molar-refractivity contribution in [2.24, 2.45) is 17.8 Å². The van der Waals surface area contributed by atoms with E-state index in [1.807, 2.05) is 12.2 Å². The normalized spacial score (nSPS) is 37.6. The largest absolute Gasteiger partial charge is 0.393 e. The molecule has 5 atom stereocenters. The molecule has 3 fully saturated rings. The number of sulfonamides is 1. The molecule has 3 aliphatic carbocycles. The molecule has 1 heterocycles. The number of aliphatic hydroxyl groups excluding tert-OH is 1. The van der Waals surface area contributed by atoms with Crippen LogP contribution in [0.25, 0.3) is 0 Å². The smallest absolute Gasteiger partial charge is 0.259 e. The summed E-state index contributed by atoms with van der Waals surface area (Å²) in [5, 5.41) is 13.0. The summed E-state index contributed by atoms with van der Waals surface area (Å²) in [5.74, 6) is -2.95. The molecule has 0 aromatic carbocycles. The van der Waals surface area contributed by atoms with Gasteiger partial charge >= 0.3 is 0 Å². The van der Waals surface area contributed by atoms with Gasteiger partial charge in [-0.25, -0.2) is 8.42 Å². The lowest BCUT2D eigenvalue weighted by Gasteiger charge is -2.35. The lowest BCUT2D eigenvalue weighted by Crippen LogP contribution is -2.56. The maximum atomic E-state index is 13.4. The van der Waals surface area contributed by atoms with Crippen LogP contribution < -0.4 is 10.0 Å². The average molecular weight is 482 g/mol. The maximum Gasteiger partial charge on any atom is 0.259 e. The number of amides is 3. The Hall–Kier alpha value is -1.94. The van der Waals surface area contributed by atoms with E-state index >= 15 is 0 Å². The summed E-state index contributed by atoms with van der Waals surface area (Å²) in [6, 6.07) is 0.